The van der Waals surface area contributed by atoms with Crippen molar-refractivity contribution in [3.05, 3.63) is 271 Å². The van der Waals surface area contributed by atoms with E-state index in [0.29, 0.717) is 0 Å². The lowest BCUT2D eigenvalue weighted by Gasteiger charge is -2.28. The lowest BCUT2D eigenvalue weighted by molar-refractivity contribution is 0.745. The number of thiophene rings is 1. The molecule has 3 unspecified atom stereocenters. The first-order chi connectivity index (χ1) is 35.7. The third kappa shape index (κ3) is 6.42. The topological polar surface area (TPSA) is 13.1 Å². The fourth-order valence-electron chi connectivity index (χ4n) is 12.3. The van der Waals surface area contributed by atoms with Crippen molar-refractivity contribution < 1.29 is 0 Å². The van der Waals surface area contributed by atoms with Crippen LogP contribution in [0.25, 0.3) is 92.9 Å². The van der Waals surface area contributed by atoms with E-state index in [0.717, 1.165) is 6.42 Å². The Hall–Kier alpha value is -8.70. The zero-order valence-corrected chi connectivity index (χ0v) is 40.3. The molecule has 3 aliphatic rings. The van der Waals surface area contributed by atoms with Crippen LogP contribution in [-0.4, -0.2) is 15.2 Å². The Bertz CT molecular complexity index is 4190. The van der Waals surface area contributed by atoms with Crippen molar-refractivity contribution >= 4 is 71.6 Å². The highest BCUT2D eigenvalue weighted by Gasteiger charge is 2.37. The monoisotopic (exact) mass is 937 g/mol. The number of hydrogen-bond acceptors (Lipinski definition) is 2. The summed E-state index contributed by atoms with van der Waals surface area (Å²) >= 11 is 1.89. The van der Waals surface area contributed by atoms with Crippen LogP contribution in [0.5, 0.6) is 0 Å². The summed E-state index contributed by atoms with van der Waals surface area (Å²) in [6, 6.07) is 81.3. The molecule has 3 aromatic heterocycles. The number of aromatic nitrogens is 2. The van der Waals surface area contributed by atoms with E-state index in [1.807, 2.05) is 11.3 Å². The first kappa shape index (κ1) is 41.1. The number of rotatable bonds is 7. The van der Waals surface area contributed by atoms with E-state index in [9.17, 15) is 0 Å². The van der Waals surface area contributed by atoms with Crippen LogP contribution >= 0.6 is 11.3 Å². The predicted molar refractivity (Wildman–Crippen MR) is 305 cm³/mol. The Morgan fingerprint density at radius 1 is 0.431 bits per heavy atom. The second kappa shape index (κ2) is 16.4. The maximum Gasteiger partial charge on any atom is 0.0629 e. The van der Waals surface area contributed by atoms with Crippen molar-refractivity contribution in [2.75, 3.05) is 4.90 Å². The molecule has 2 aliphatic carbocycles. The second-order valence-electron chi connectivity index (χ2n) is 19.5. The number of para-hydroxylation sites is 3. The quantitative estimate of drug-likeness (QED) is 0.155. The molecular weight excluding hydrogens is 891 g/mol. The fraction of sp³-hybridized carbons (Fsp3) is 0.0588. The molecule has 0 N–H and O–H groups in total. The first-order valence-electron chi connectivity index (χ1n) is 25.2. The van der Waals surface area contributed by atoms with E-state index in [2.05, 4.69) is 269 Å². The number of hydrogen-bond donors (Lipinski definition) is 0. The Morgan fingerprint density at radius 2 is 1.10 bits per heavy atom. The molecule has 4 heterocycles. The normalized spacial score (nSPS) is 16.8. The third-order valence-electron chi connectivity index (χ3n) is 15.6. The van der Waals surface area contributed by atoms with Crippen molar-refractivity contribution in [2.45, 2.75) is 24.3 Å². The van der Waals surface area contributed by atoms with Crippen LogP contribution in [0.4, 0.5) is 11.4 Å². The van der Waals surface area contributed by atoms with E-state index in [-0.39, 0.29) is 17.9 Å². The van der Waals surface area contributed by atoms with Gasteiger partial charge in [-0.05, 0) is 136 Å². The smallest absolute Gasteiger partial charge is 0.0629 e. The summed E-state index contributed by atoms with van der Waals surface area (Å²) in [6.45, 7) is 0. The highest BCUT2D eigenvalue weighted by Crippen LogP contribution is 2.50. The van der Waals surface area contributed by atoms with E-state index in [4.69, 9.17) is 0 Å². The molecule has 1 aliphatic heterocycles. The van der Waals surface area contributed by atoms with Crippen LogP contribution in [-0.2, 0) is 6.42 Å². The van der Waals surface area contributed by atoms with E-state index in [1.54, 1.807) is 0 Å². The number of allylic oxidation sites excluding steroid dienone is 3. The van der Waals surface area contributed by atoms with Crippen LogP contribution in [0.2, 0.25) is 0 Å². The summed E-state index contributed by atoms with van der Waals surface area (Å²) in [5.74, 6) is 0.482. The van der Waals surface area contributed by atoms with Crippen LogP contribution in [0, 0.1) is 0 Å². The summed E-state index contributed by atoms with van der Waals surface area (Å²) in [5.41, 5.74) is 20.2. The van der Waals surface area contributed by atoms with Gasteiger partial charge in [0, 0.05) is 77.0 Å². The zero-order chi connectivity index (χ0) is 47.3. The molecular formula is C68H47N3S. The predicted octanol–water partition coefficient (Wildman–Crippen LogP) is 18.0. The summed E-state index contributed by atoms with van der Waals surface area (Å²) in [4.78, 5) is 3.82. The van der Waals surface area contributed by atoms with Gasteiger partial charge in [0.1, 0.15) is 0 Å². The fourth-order valence-corrected chi connectivity index (χ4v) is 13.6. The number of benzene rings is 9. The molecule has 12 aromatic rings. The summed E-state index contributed by atoms with van der Waals surface area (Å²) in [6.07, 6.45) is 14.9. The maximum atomic E-state index is 2.54. The minimum Gasteiger partial charge on any atom is -0.333 e. The standard InChI is InChI=1S/C68H47N3S/c1-5-17-44(18-6-1)67-59-43-52(33-38-66(59)72-68(67)45-19-7-2-8-20-45)71-64-36-31-48(46-29-34-62-55(39-46)53-25-13-15-27-60(53)69(62)50-21-9-3-10-22-50)41-57(64)58-42-49(32-37-65(58)71)47-30-35-63-56(40-47)54-26-14-16-28-61(54)70(63)51-23-11-4-12-24-51/h1-41,43,49,53,60H,42H2. The van der Waals surface area contributed by atoms with Crippen molar-refractivity contribution in [2.24, 2.45) is 0 Å². The molecule has 3 nitrogen and oxygen atoms in total. The lowest BCUT2D eigenvalue weighted by Crippen LogP contribution is -2.28. The molecule has 0 saturated carbocycles. The Labute approximate surface area is 422 Å². The molecule has 0 fully saturated rings. The molecule has 4 heteroatoms. The molecule has 340 valence electrons. The van der Waals surface area contributed by atoms with Gasteiger partial charge in [-0.2, -0.15) is 0 Å². The minimum absolute atomic E-state index is 0.202. The summed E-state index contributed by atoms with van der Waals surface area (Å²) in [7, 11) is 0. The van der Waals surface area contributed by atoms with Gasteiger partial charge >= 0.3 is 0 Å². The van der Waals surface area contributed by atoms with Crippen LogP contribution < -0.4 is 4.90 Å². The first-order valence-corrected chi connectivity index (χ1v) is 26.0. The number of fused-ring (bicyclic) bond motifs is 10. The Kier molecular flexibility index (Phi) is 9.39. The average Bonchev–Trinajstić information content (AvgIpc) is 4.19. The second-order valence-corrected chi connectivity index (χ2v) is 20.6. The summed E-state index contributed by atoms with van der Waals surface area (Å²) in [5, 5.41) is 5.16. The average molecular weight is 938 g/mol. The molecule has 72 heavy (non-hydrogen) atoms. The number of anilines is 2. The highest BCUT2D eigenvalue weighted by atomic mass is 32.1. The van der Waals surface area contributed by atoms with Crippen LogP contribution in [0.15, 0.2) is 249 Å². The molecule has 0 amide bonds. The van der Waals surface area contributed by atoms with Gasteiger partial charge in [0.25, 0.3) is 0 Å². The molecule has 0 radical (unpaired) electrons. The van der Waals surface area contributed by atoms with E-state index < -0.39 is 0 Å². The highest BCUT2D eigenvalue weighted by molar-refractivity contribution is 7.23. The van der Waals surface area contributed by atoms with Crippen LogP contribution in [0.1, 0.15) is 34.2 Å². The molecule has 9 aromatic carbocycles. The van der Waals surface area contributed by atoms with Crippen molar-refractivity contribution in [3.8, 4) is 44.1 Å². The Morgan fingerprint density at radius 3 is 1.92 bits per heavy atom. The van der Waals surface area contributed by atoms with Gasteiger partial charge < -0.3 is 14.0 Å². The minimum atomic E-state index is 0.202. The summed E-state index contributed by atoms with van der Waals surface area (Å²) < 4.78 is 6.24. The number of nitrogens with zero attached hydrogens (tertiary/aromatic N) is 3. The van der Waals surface area contributed by atoms with E-state index in [1.165, 1.54) is 121 Å². The zero-order valence-electron chi connectivity index (χ0n) is 39.4. The van der Waals surface area contributed by atoms with Crippen molar-refractivity contribution in [1.29, 1.82) is 0 Å². The van der Waals surface area contributed by atoms with E-state index >= 15 is 0 Å². The lowest BCUT2D eigenvalue weighted by atomic mass is 9.85. The molecule has 0 saturated heterocycles. The van der Waals surface area contributed by atoms with Crippen molar-refractivity contribution in [3.63, 3.8) is 0 Å². The van der Waals surface area contributed by atoms with Gasteiger partial charge in [0.15, 0.2) is 0 Å². The van der Waals surface area contributed by atoms with Gasteiger partial charge in [-0.15, -0.1) is 11.3 Å². The van der Waals surface area contributed by atoms with Gasteiger partial charge in [-0.25, -0.2) is 0 Å². The maximum absolute atomic E-state index is 2.54. The largest absolute Gasteiger partial charge is 0.333 e. The third-order valence-corrected chi connectivity index (χ3v) is 16.8. The van der Waals surface area contributed by atoms with Crippen molar-refractivity contribution in [1.82, 2.24) is 9.13 Å². The molecule has 3 atom stereocenters. The SMILES string of the molecule is C1=CC2c3cc(-c4ccc5c(c4)c4c(n5-c5ccc6sc(-c7ccccc7)c(-c7ccccc7)c6c5)C=CC(c5ccc6c(c5)c5ccccc5n6-c5ccccc5)C4)ccc3N(c3ccccc3)C2C=C1. The Balaban J connectivity index is 0.899. The van der Waals surface area contributed by atoms with Gasteiger partial charge in [-0.1, -0.05) is 164 Å². The molecule has 0 bridgehead atoms. The van der Waals surface area contributed by atoms with Gasteiger partial charge in [0.2, 0.25) is 0 Å². The molecule has 0 spiro atoms. The van der Waals surface area contributed by atoms with Crippen LogP contribution in [0.3, 0.4) is 0 Å². The molecule has 15 rings (SSSR count). The van der Waals surface area contributed by atoms with Gasteiger partial charge in [-0.3, -0.25) is 0 Å². The van der Waals surface area contributed by atoms with Gasteiger partial charge in [0.05, 0.1) is 22.6 Å².